The van der Waals surface area contributed by atoms with Crippen molar-refractivity contribution < 1.29 is 36.2 Å². The fourth-order valence-corrected chi connectivity index (χ4v) is 6.00. The Balaban J connectivity index is 1.77. The lowest BCUT2D eigenvalue weighted by atomic mass is 10.1. The van der Waals surface area contributed by atoms with Crippen molar-refractivity contribution >= 4 is 50.0 Å². The lowest BCUT2D eigenvalue weighted by Gasteiger charge is -2.33. The Bertz CT molecular complexity index is 1620. The molecule has 4 rings (SSSR count). The number of hydrogen-bond donors (Lipinski definition) is 1. The standard InChI is InChI=1S/C24H23Cl2F3N4O6S/c1-2-40(37,38)19-4-3-15(25)9-14(19)11-33-13-30-21-16(22(33)34)10-18(39-24(27,28)29)17(20(21)26)12-31-5-7-32(8-6-31)23(35)36/h3-4,9-10,13H,2,5-8,11-12H2,1H3,(H,35,36). The fraction of sp³-hybridized carbons (Fsp3) is 0.375. The second-order valence-corrected chi connectivity index (χ2v) is 12.1. The van der Waals surface area contributed by atoms with Gasteiger partial charge in [0, 0.05) is 43.3 Å². The van der Waals surface area contributed by atoms with Gasteiger partial charge < -0.3 is 14.7 Å². The van der Waals surface area contributed by atoms with Gasteiger partial charge >= 0.3 is 12.5 Å². The number of benzene rings is 2. The number of fused-ring (bicyclic) bond motifs is 1. The maximum Gasteiger partial charge on any atom is 0.573 e. The molecule has 1 N–H and O–H groups in total. The van der Waals surface area contributed by atoms with Crippen LogP contribution in [0, 0.1) is 0 Å². The summed E-state index contributed by atoms with van der Waals surface area (Å²) < 4.78 is 70.5. The average Bonchev–Trinajstić information content (AvgIpc) is 2.87. The van der Waals surface area contributed by atoms with Crippen LogP contribution in [-0.4, -0.2) is 77.3 Å². The number of aromatic nitrogens is 2. The van der Waals surface area contributed by atoms with Crippen LogP contribution >= 0.6 is 23.2 Å². The molecule has 1 saturated heterocycles. The molecule has 2 heterocycles. The largest absolute Gasteiger partial charge is 0.573 e. The van der Waals surface area contributed by atoms with Crippen LogP contribution < -0.4 is 10.3 Å². The van der Waals surface area contributed by atoms with Crippen LogP contribution in [0.1, 0.15) is 18.1 Å². The van der Waals surface area contributed by atoms with Gasteiger partial charge in [0.05, 0.1) is 39.4 Å². The van der Waals surface area contributed by atoms with Crippen LogP contribution in [0.2, 0.25) is 10.0 Å². The summed E-state index contributed by atoms with van der Waals surface area (Å²) in [7, 11) is -3.68. The third-order valence-corrected chi connectivity index (χ3v) is 8.92. The van der Waals surface area contributed by atoms with E-state index < -0.39 is 33.6 Å². The van der Waals surface area contributed by atoms with Crippen molar-refractivity contribution in [3.8, 4) is 5.75 Å². The first-order valence-corrected chi connectivity index (χ1v) is 14.3. The average molecular weight is 623 g/mol. The highest BCUT2D eigenvalue weighted by Gasteiger charge is 2.34. The molecule has 0 radical (unpaired) electrons. The number of carboxylic acid groups (broad SMARTS) is 1. The predicted octanol–water partition coefficient (Wildman–Crippen LogP) is 4.24. The molecule has 0 aliphatic carbocycles. The van der Waals surface area contributed by atoms with Crippen LogP contribution in [0.25, 0.3) is 10.9 Å². The summed E-state index contributed by atoms with van der Waals surface area (Å²) in [6.07, 6.45) is -5.07. The molecule has 216 valence electrons. The molecule has 1 aromatic heterocycles. The summed E-state index contributed by atoms with van der Waals surface area (Å²) in [5.41, 5.74) is -0.705. The van der Waals surface area contributed by atoms with E-state index in [1.807, 2.05) is 0 Å². The molecular formula is C24H23Cl2F3N4O6S. The van der Waals surface area contributed by atoms with Gasteiger partial charge in [0.1, 0.15) is 5.75 Å². The number of sulfone groups is 1. The van der Waals surface area contributed by atoms with Crippen LogP contribution in [-0.2, 0) is 22.9 Å². The number of rotatable bonds is 7. The Labute approximate surface area is 236 Å². The lowest BCUT2D eigenvalue weighted by Crippen LogP contribution is -2.47. The maximum absolute atomic E-state index is 13.4. The highest BCUT2D eigenvalue weighted by atomic mass is 35.5. The SMILES string of the molecule is CCS(=O)(=O)c1ccc(Cl)cc1Cn1cnc2c(Cl)c(CN3CCN(C(=O)O)CC3)c(OC(F)(F)F)cc2c1=O. The second-order valence-electron chi connectivity index (χ2n) is 8.99. The van der Waals surface area contributed by atoms with E-state index in [0.29, 0.717) is 0 Å². The van der Waals surface area contributed by atoms with E-state index in [0.717, 1.165) is 17.0 Å². The number of nitrogens with zero attached hydrogens (tertiary/aromatic N) is 4. The lowest BCUT2D eigenvalue weighted by molar-refractivity contribution is -0.274. The monoisotopic (exact) mass is 622 g/mol. The van der Waals surface area contributed by atoms with Crippen molar-refractivity contribution in [2.24, 2.45) is 0 Å². The molecule has 1 aliphatic rings. The van der Waals surface area contributed by atoms with Crippen molar-refractivity contribution in [1.82, 2.24) is 19.4 Å². The van der Waals surface area contributed by atoms with Crippen LogP contribution in [0.15, 0.2) is 40.3 Å². The first kappa shape index (κ1) is 29.9. The van der Waals surface area contributed by atoms with E-state index in [1.54, 1.807) is 4.90 Å². The third kappa shape index (κ3) is 6.45. The molecule has 10 nitrogen and oxygen atoms in total. The number of ether oxygens (including phenoxy) is 1. The second kappa shape index (κ2) is 11.4. The topological polar surface area (TPSA) is 122 Å². The van der Waals surface area contributed by atoms with Gasteiger partial charge in [-0.3, -0.25) is 14.3 Å². The molecule has 0 bridgehead atoms. The molecule has 1 aliphatic heterocycles. The van der Waals surface area contributed by atoms with Crippen LogP contribution in [0.3, 0.4) is 0 Å². The Morgan fingerprint density at radius 3 is 2.40 bits per heavy atom. The van der Waals surface area contributed by atoms with E-state index in [1.165, 1.54) is 30.0 Å². The summed E-state index contributed by atoms with van der Waals surface area (Å²) >= 11 is 12.6. The van der Waals surface area contributed by atoms with Gasteiger partial charge in [-0.2, -0.15) is 0 Å². The number of alkyl halides is 3. The van der Waals surface area contributed by atoms with Crippen molar-refractivity contribution in [2.45, 2.75) is 31.3 Å². The maximum atomic E-state index is 13.4. The summed E-state index contributed by atoms with van der Waals surface area (Å²) in [6.45, 7) is 1.86. The molecule has 3 aromatic rings. The first-order valence-electron chi connectivity index (χ1n) is 11.9. The van der Waals surface area contributed by atoms with Crippen molar-refractivity contribution in [3.63, 3.8) is 0 Å². The van der Waals surface area contributed by atoms with Gasteiger partial charge in [-0.15, -0.1) is 13.2 Å². The molecule has 0 saturated carbocycles. The molecule has 0 atom stereocenters. The highest BCUT2D eigenvalue weighted by molar-refractivity contribution is 7.91. The van der Waals surface area contributed by atoms with Gasteiger partial charge in [-0.05, 0) is 29.8 Å². The van der Waals surface area contributed by atoms with Crippen molar-refractivity contribution in [2.75, 3.05) is 31.9 Å². The summed E-state index contributed by atoms with van der Waals surface area (Å²) in [4.78, 5) is 31.6. The van der Waals surface area contributed by atoms with Crippen molar-refractivity contribution in [3.05, 3.63) is 62.1 Å². The van der Waals surface area contributed by atoms with E-state index in [4.69, 9.17) is 28.3 Å². The van der Waals surface area contributed by atoms with E-state index in [2.05, 4.69) is 9.72 Å². The van der Waals surface area contributed by atoms with E-state index >= 15 is 0 Å². The molecule has 0 spiro atoms. The summed E-state index contributed by atoms with van der Waals surface area (Å²) in [5.74, 6) is -0.895. The number of piperazine rings is 1. The number of hydrogen-bond acceptors (Lipinski definition) is 7. The van der Waals surface area contributed by atoms with Gasteiger partial charge in [0.15, 0.2) is 9.84 Å². The van der Waals surface area contributed by atoms with Crippen LogP contribution in [0.4, 0.5) is 18.0 Å². The van der Waals surface area contributed by atoms with Gasteiger partial charge in [-0.1, -0.05) is 30.1 Å². The molecule has 0 unspecified atom stereocenters. The Morgan fingerprint density at radius 2 is 1.80 bits per heavy atom. The molecule has 16 heteroatoms. The Morgan fingerprint density at radius 1 is 1.12 bits per heavy atom. The van der Waals surface area contributed by atoms with E-state index in [9.17, 15) is 31.2 Å². The first-order chi connectivity index (χ1) is 18.7. The zero-order chi connectivity index (χ0) is 29.4. The zero-order valence-electron chi connectivity index (χ0n) is 20.9. The number of carbonyl (C=O) groups is 1. The normalized spacial score (nSPS) is 15.0. The Kier molecular flexibility index (Phi) is 8.54. The molecule has 2 aromatic carbocycles. The minimum atomic E-state index is -5.10. The third-order valence-electron chi connectivity index (χ3n) is 6.45. The smallest absolute Gasteiger partial charge is 0.465 e. The quantitative estimate of drug-likeness (QED) is 0.415. The molecule has 1 fully saturated rings. The summed E-state index contributed by atoms with van der Waals surface area (Å²) in [5, 5.41) is 8.87. The minimum Gasteiger partial charge on any atom is -0.465 e. The highest BCUT2D eigenvalue weighted by Crippen LogP contribution is 2.36. The summed E-state index contributed by atoms with van der Waals surface area (Å²) in [6, 6.07) is 5.02. The predicted molar refractivity (Wildman–Crippen MR) is 141 cm³/mol. The van der Waals surface area contributed by atoms with Crippen LogP contribution in [0.5, 0.6) is 5.75 Å². The van der Waals surface area contributed by atoms with Gasteiger partial charge in [-0.25, -0.2) is 18.2 Å². The Hall–Kier alpha value is -3.07. The fourth-order valence-electron chi connectivity index (χ4n) is 4.39. The number of halogens is 5. The molecule has 1 amide bonds. The van der Waals surface area contributed by atoms with Gasteiger partial charge in [0.2, 0.25) is 0 Å². The van der Waals surface area contributed by atoms with E-state index in [-0.39, 0.29) is 82.0 Å². The number of amides is 1. The zero-order valence-corrected chi connectivity index (χ0v) is 23.2. The molecule has 40 heavy (non-hydrogen) atoms. The van der Waals surface area contributed by atoms with Gasteiger partial charge in [0.25, 0.3) is 5.56 Å². The minimum absolute atomic E-state index is 0.0381. The molecular weight excluding hydrogens is 600 g/mol. The van der Waals surface area contributed by atoms with Crippen molar-refractivity contribution in [1.29, 1.82) is 0 Å².